The van der Waals surface area contributed by atoms with E-state index in [1.165, 1.54) is 43.0 Å². The summed E-state index contributed by atoms with van der Waals surface area (Å²) in [6.45, 7) is 5.16. The standard InChI is InChI=1S/C39H63N9O13S/c1-7-20(3)31(48-37(59)28(19-50)46-39(61)32(21(4)8-2)47-36(58)27(18-49)43-29(52)16-40)38(60)45-26(15-23-9-11-24(51)12-10-23)35(57)42-22(5)33(55)44-25(13-14-62-6)34(56)41-17-30(53)54/h9-12,20-22,25-28,31-32,49-51H,7-8,13-19,40H2,1-6H3,(H,41,56)(H,42,57)(H,43,52)(H,44,55)(H,45,60)(H,46,61)(H,47,58)(H,48,59)(H,53,54)/t20-,21-,22-,25-,26-,27-,28-,31-,32-/m0/s1. The number of phenols is 1. The van der Waals surface area contributed by atoms with Crippen LogP contribution in [0, 0.1) is 11.8 Å². The molecule has 0 saturated heterocycles. The molecule has 62 heavy (non-hydrogen) atoms. The number of carbonyl (C=O) groups is 9. The number of nitrogens with two attached hydrogens (primary N) is 1. The number of phenolic OH excluding ortho intramolecular Hbond substituents is 1. The molecule has 0 fully saturated rings. The van der Waals surface area contributed by atoms with E-state index < -0.39 is 134 Å². The molecular weight excluding hydrogens is 835 g/mol. The third-order valence-electron chi connectivity index (χ3n) is 9.84. The average molecular weight is 898 g/mol. The van der Waals surface area contributed by atoms with Gasteiger partial charge in [0.2, 0.25) is 47.3 Å². The van der Waals surface area contributed by atoms with Gasteiger partial charge in [-0.15, -0.1) is 0 Å². The number of aliphatic hydroxyl groups excluding tert-OH is 2. The molecule has 9 atom stereocenters. The Balaban J connectivity index is 3.32. The summed E-state index contributed by atoms with van der Waals surface area (Å²) in [5, 5.41) is 58.1. The van der Waals surface area contributed by atoms with Crippen molar-refractivity contribution in [3.05, 3.63) is 29.8 Å². The number of amides is 8. The highest BCUT2D eigenvalue weighted by Gasteiger charge is 2.36. The van der Waals surface area contributed by atoms with Gasteiger partial charge < -0.3 is 68.7 Å². The molecule has 1 aromatic rings. The van der Waals surface area contributed by atoms with Crippen LogP contribution in [0.15, 0.2) is 24.3 Å². The molecule has 0 aliphatic rings. The van der Waals surface area contributed by atoms with Crippen LogP contribution < -0.4 is 48.3 Å². The maximum atomic E-state index is 14.0. The summed E-state index contributed by atoms with van der Waals surface area (Å²) in [6.07, 6.45) is 2.45. The van der Waals surface area contributed by atoms with Crippen molar-refractivity contribution >= 4 is 65.0 Å². The summed E-state index contributed by atoms with van der Waals surface area (Å²) in [6, 6.07) is -3.79. The van der Waals surface area contributed by atoms with Crippen LogP contribution in [0.2, 0.25) is 0 Å². The van der Waals surface area contributed by atoms with E-state index in [2.05, 4.69) is 42.5 Å². The van der Waals surface area contributed by atoms with Gasteiger partial charge in [0.25, 0.3) is 0 Å². The number of rotatable bonds is 28. The number of thioether (sulfide) groups is 1. The molecule has 0 bridgehead atoms. The summed E-state index contributed by atoms with van der Waals surface area (Å²) in [7, 11) is 0. The molecule has 0 aliphatic carbocycles. The predicted octanol–water partition coefficient (Wildman–Crippen LogP) is -3.66. The Morgan fingerprint density at radius 1 is 0.629 bits per heavy atom. The van der Waals surface area contributed by atoms with Gasteiger partial charge in [0.15, 0.2) is 0 Å². The maximum absolute atomic E-state index is 14.0. The number of hydrogen-bond acceptors (Lipinski definition) is 14. The lowest BCUT2D eigenvalue weighted by atomic mass is 9.96. The molecule has 0 radical (unpaired) electrons. The molecule has 22 nitrogen and oxygen atoms in total. The Morgan fingerprint density at radius 3 is 1.55 bits per heavy atom. The first-order chi connectivity index (χ1) is 29.3. The van der Waals surface area contributed by atoms with Gasteiger partial charge in [0, 0.05) is 6.42 Å². The first-order valence-electron chi connectivity index (χ1n) is 20.1. The minimum atomic E-state index is -1.64. The normalized spacial score (nSPS) is 15.3. The highest BCUT2D eigenvalue weighted by molar-refractivity contribution is 7.98. The monoisotopic (exact) mass is 897 g/mol. The quantitative estimate of drug-likeness (QED) is 0.0386. The van der Waals surface area contributed by atoms with E-state index in [4.69, 9.17) is 10.8 Å². The number of nitrogens with one attached hydrogen (secondary N) is 8. The van der Waals surface area contributed by atoms with Crippen molar-refractivity contribution in [2.75, 3.05) is 38.3 Å². The van der Waals surface area contributed by atoms with Gasteiger partial charge in [0.05, 0.1) is 19.8 Å². The van der Waals surface area contributed by atoms with E-state index in [-0.39, 0.29) is 18.6 Å². The Bertz CT molecular complexity index is 1690. The summed E-state index contributed by atoms with van der Waals surface area (Å²) in [5.41, 5.74) is 5.76. The Labute approximate surface area is 364 Å². The number of benzene rings is 1. The first kappa shape index (κ1) is 54.5. The van der Waals surface area contributed by atoms with Gasteiger partial charge in [-0.3, -0.25) is 43.2 Å². The molecule has 1 rings (SSSR count). The molecule has 0 unspecified atom stereocenters. The number of hydrogen-bond donors (Lipinski definition) is 13. The van der Waals surface area contributed by atoms with E-state index >= 15 is 0 Å². The fourth-order valence-electron chi connectivity index (χ4n) is 5.62. The predicted molar refractivity (Wildman–Crippen MR) is 227 cm³/mol. The van der Waals surface area contributed by atoms with Crippen molar-refractivity contribution in [1.82, 2.24) is 42.5 Å². The van der Waals surface area contributed by atoms with E-state index in [0.29, 0.717) is 24.2 Å². The topological polar surface area (TPSA) is 357 Å². The maximum Gasteiger partial charge on any atom is 0.322 e. The minimum Gasteiger partial charge on any atom is -0.508 e. The van der Waals surface area contributed by atoms with Crippen molar-refractivity contribution in [1.29, 1.82) is 0 Å². The van der Waals surface area contributed by atoms with Gasteiger partial charge in [-0.25, -0.2) is 0 Å². The molecule has 0 saturated carbocycles. The van der Waals surface area contributed by atoms with Crippen LogP contribution in [-0.4, -0.2) is 154 Å². The largest absolute Gasteiger partial charge is 0.508 e. The highest BCUT2D eigenvalue weighted by atomic mass is 32.2. The summed E-state index contributed by atoms with van der Waals surface area (Å²) >= 11 is 1.39. The zero-order chi connectivity index (χ0) is 47.1. The lowest BCUT2D eigenvalue weighted by Gasteiger charge is -2.30. The molecule has 23 heteroatoms. The molecule has 8 amide bonds. The zero-order valence-corrected chi connectivity index (χ0v) is 36.6. The lowest BCUT2D eigenvalue weighted by Crippen LogP contribution is -2.62. The molecule has 0 aromatic heterocycles. The Morgan fingerprint density at radius 2 is 1.10 bits per heavy atom. The number of aromatic hydroxyl groups is 1. The van der Waals surface area contributed by atoms with Gasteiger partial charge in [-0.05, 0) is 54.9 Å². The second kappa shape index (κ2) is 28.2. The van der Waals surface area contributed by atoms with Gasteiger partial charge in [-0.1, -0.05) is 52.7 Å². The van der Waals surface area contributed by atoms with Crippen LogP contribution in [0.5, 0.6) is 5.75 Å². The number of aliphatic carboxylic acids is 1. The highest BCUT2D eigenvalue weighted by Crippen LogP contribution is 2.14. The smallest absolute Gasteiger partial charge is 0.322 e. The van der Waals surface area contributed by atoms with Crippen LogP contribution in [0.4, 0.5) is 0 Å². The number of carbonyl (C=O) groups excluding carboxylic acids is 8. The number of carboxylic acid groups (broad SMARTS) is 1. The van der Waals surface area contributed by atoms with Crippen LogP contribution >= 0.6 is 11.8 Å². The van der Waals surface area contributed by atoms with Crippen molar-refractivity contribution in [2.45, 2.75) is 103 Å². The van der Waals surface area contributed by atoms with Crippen LogP contribution in [0.1, 0.15) is 59.4 Å². The number of carboxylic acids is 1. The zero-order valence-electron chi connectivity index (χ0n) is 35.8. The van der Waals surface area contributed by atoms with Crippen molar-refractivity contribution in [2.24, 2.45) is 17.6 Å². The van der Waals surface area contributed by atoms with Gasteiger partial charge in [-0.2, -0.15) is 11.8 Å². The van der Waals surface area contributed by atoms with Crippen LogP contribution in [0.25, 0.3) is 0 Å². The van der Waals surface area contributed by atoms with Gasteiger partial charge in [0.1, 0.15) is 54.6 Å². The van der Waals surface area contributed by atoms with Crippen molar-refractivity contribution < 1.29 is 63.6 Å². The molecule has 0 heterocycles. The Hall–Kier alpha value is -5.52. The molecule has 14 N–H and O–H groups in total. The lowest BCUT2D eigenvalue weighted by molar-refractivity contribution is -0.138. The Kier molecular flexibility index (Phi) is 24.7. The van der Waals surface area contributed by atoms with Crippen LogP contribution in [-0.2, 0) is 49.6 Å². The summed E-state index contributed by atoms with van der Waals surface area (Å²) in [4.78, 5) is 116. The van der Waals surface area contributed by atoms with E-state index in [9.17, 15) is 58.5 Å². The second-order valence-corrected chi connectivity index (χ2v) is 15.6. The fourth-order valence-corrected chi connectivity index (χ4v) is 6.09. The fraction of sp³-hybridized carbons (Fsp3) is 0.615. The van der Waals surface area contributed by atoms with Crippen molar-refractivity contribution in [3.63, 3.8) is 0 Å². The first-order valence-corrected chi connectivity index (χ1v) is 21.5. The minimum absolute atomic E-state index is 0.0687. The molecule has 0 aliphatic heterocycles. The summed E-state index contributed by atoms with van der Waals surface area (Å²) in [5.74, 6) is -8.80. The van der Waals surface area contributed by atoms with E-state index in [1.54, 1.807) is 34.0 Å². The van der Waals surface area contributed by atoms with E-state index in [1.807, 2.05) is 0 Å². The average Bonchev–Trinajstić information content (AvgIpc) is 3.25. The van der Waals surface area contributed by atoms with Gasteiger partial charge >= 0.3 is 5.97 Å². The third kappa shape index (κ3) is 18.6. The molecular formula is C39H63N9O13S. The third-order valence-corrected chi connectivity index (χ3v) is 10.5. The van der Waals surface area contributed by atoms with Crippen molar-refractivity contribution in [3.8, 4) is 5.75 Å². The molecule has 348 valence electrons. The second-order valence-electron chi connectivity index (χ2n) is 14.6. The molecule has 0 spiro atoms. The van der Waals surface area contributed by atoms with Crippen LogP contribution in [0.3, 0.4) is 0 Å². The molecule has 1 aromatic carbocycles. The van der Waals surface area contributed by atoms with E-state index in [0.717, 1.165) is 0 Å². The number of aliphatic hydroxyl groups is 2. The summed E-state index contributed by atoms with van der Waals surface area (Å²) < 4.78 is 0. The SMILES string of the molecule is CC[C@H](C)[C@H](NC(=O)[C@H](CO)NC(=O)[C@@H](NC(=O)[C@H](CO)NC(=O)CN)[C@@H](C)CC)C(=O)N[C@@H](Cc1ccc(O)cc1)C(=O)N[C@@H](C)C(=O)N[C@@H](CCSC)C(=O)NCC(=O)O.